The molecule has 0 amide bonds. The van der Waals surface area contributed by atoms with Gasteiger partial charge in [0.05, 0.1) is 6.07 Å². The molecule has 0 aliphatic carbocycles. The minimum absolute atomic E-state index is 0.292. The number of aromatic nitrogens is 2. The number of nitrogens with zero attached hydrogens (tertiary/aromatic N) is 2. The first-order valence-electron chi connectivity index (χ1n) is 6.89. The molecule has 0 aliphatic rings. The largest absolute Gasteiger partial charge is 0.673 e. The molecule has 0 fully saturated rings. The molecule has 0 spiro atoms. The maximum absolute atomic E-state index is 9.75. The molecule has 3 nitrogen and oxygen atoms in total. The van der Waals surface area contributed by atoms with E-state index < -0.39 is 14.5 Å². The predicted octanol–water partition coefficient (Wildman–Crippen LogP) is 3.64. The van der Waals surface area contributed by atoms with Crippen LogP contribution in [0.3, 0.4) is 0 Å². The monoisotopic (exact) mass is 392 g/mol. The molecule has 0 aliphatic heterocycles. The molecule has 13 heteroatoms. The summed E-state index contributed by atoms with van der Waals surface area (Å²) in [5.41, 5.74) is 1.15. The van der Waals surface area contributed by atoms with E-state index in [1.165, 1.54) is 0 Å². The van der Waals surface area contributed by atoms with Gasteiger partial charge in [0, 0.05) is 17.7 Å². The van der Waals surface area contributed by atoms with E-state index in [9.17, 15) is 34.5 Å². The fourth-order valence-electron chi connectivity index (χ4n) is 1.22. The maximum Gasteiger partial charge on any atom is 0.673 e. The molecule has 0 aromatic carbocycles. The number of aromatic hydroxyl groups is 1. The summed E-state index contributed by atoms with van der Waals surface area (Å²) in [5.74, 6) is 0.292. The fraction of sp³-hybridized carbons (Fsp3) is 0.231. The minimum atomic E-state index is -6.00. The van der Waals surface area contributed by atoms with Gasteiger partial charge in [-0.15, -0.1) is 0 Å². The third-order valence-corrected chi connectivity index (χ3v) is 2.12. The number of aryl methyl sites for hydroxylation is 3. The summed E-state index contributed by atoms with van der Waals surface area (Å²) in [4.78, 5) is 0. The van der Waals surface area contributed by atoms with Crippen molar-refractivity contribution < 1.29 is 48.8 Å². The third kappa shape index (κ3) is 26.6. The molecule has 26 heavy (non-hydrogen) atoms. The minimum Gasteiger partial charge on any atom is -0.460 e. The fourth-order valence-corrected chi connectivity index (χ4v) is 1.22. The van der Waals surface area contributed by atoms with Crippen LogP contribution >= 0.6 is 0 Å². The van der Waals surface area contributed by atoms with Crippen LogP contribution in [0.25, 0.3) is 0 Å². The Morgan fingerprint density at radius 2 is 1.15 bits per heavy atom. The normalized spacial score (nSPS) is 10.3. The molecule has 2 heterocycles. The van der Waals surface area contributed by atoms with Crippen molar-refractivity contribution >= 4 is 14.5 Å². The second-order valence-corrected chi connectivity index (χ2v) is 4.71. The van der Waals surface area contributed by atoms with Gasteiger partial charge in [-0.2, -0.15) is 4.57 Å². The summed E-state index contributed by atoms with van der Waals surface area (Å²) >= 11 is 0. The molecule has 0 radical (unpaired) electrons. The summed E-state index contributed by atoms with van der Waals surface area (Å²) in [5, 5.41) is 9.01. The van der Waals surface area contributed by atoms with Crippen molar-refractivity contribution in [2.45, 2.75) is 6.92 Å². The number of pyridine rings is 2. The smallest absolute Gasteiger partial charge is 0.460 e. The molecule has 0 bridgehead atoms. The summed E-state index contributed by atoms with van der Waals surface area (Å²) in [6.45, 7) is 1.99. The first kappa shape index (κ1) is 25.9. The molecule has 0 unspecified atom stereocenters. The van der Waals surface area contributed by atoms with E-state index in [4.69, 9.17) is 5.11 Å². The SMILES string of the molecule is C[n+]1ccccc1.Cc1ccc(O)[n+](C)c1.F[B-](F)(F)F.F[B-](F)(F)F. The second kappa shape index (κ2) is 12.1. The van der Waals surface area contributed by atoms with Crippen LogP contribution in [0.2, 0.25) is 0 Å². The summed E-state index contributed by atoms with van der Waals surface area (Å²) < 4.78 is 81.7. The van der Waals surface area contributed by atoms with Gasteiger partial charge in [0.15, 0.2) is 18.6 Å². The first-order chi connectivity index (χ1) is 11.6. The van der Waals surface area contributed by atoms with Crippen molar-refractivity contribution in [2.75, 3.05) is 0 Å². The van der Waals surface area contributed by atoms with Gasteiger partial charge in [0.2, 0.25) is 0 Å². The average Bonchev–Trinajstić information content (AvgIpc) is 2.41. The lowest BCUT2D eigenvalue weighted by Crippen LogP contribution is -2.27. The molecule has 2 aromatic rings. The molecular formula is C13H18B2F8N2O. The van der Waals surface area contributed by atoms with Gasteiger partial charge < -0.3 is 39.6 Å². The van der Waals surface area contributed by atoms with Crippen LogP contribution in [0.4, 0.5) is 34.5 Å². The first-order valence-corrected chi connectivity index (χ1v) is 6.89. The Kier molecular flexibility index (Phi) is 12.0. The van der Waals surface area contributed by atoms with Crippen molar-refractivity contribution in [3.05, 3.63) is 54.5 Å². The van der Waals surface area contributed by atoms with E-state index >= 15 is 0 Å². The van der Waals surface area contributed by atoms with Crippen molar-refractivity contribution in [1.82, 2.24) is 0 Å². The van der Waals surface area contributed by atoms with Crippen LogP contribution in [0.15, 0.2) is 48.9 Å². The van der Waals surface area contributed by atoms with Gasteiger partial charge in [-0.25, -0.2) is 4.57 Å². The summed E-state index contributed by atoms with van der Waals surface area (Å²) in [7, 11) is -8.19. The highest BCUT2D eigenvalue weighted by Crippen LogP contribution is 2.07. The Bertz CT molecular complexity index is 600. The van der Waals surface area contributed by atoms with E-state index in [1.807, 2.05) is 68.4 Å². The molecule has 0 atom stereocenters. The highest BCUT2D eigenvalue weighted by atomic mass is 19.5. The standard InChI is InChI=1S/C7H9NO.C6H8N.2BF4/c1-6-3-4-7(9)8(2)5-6;1-7-5-3-2-4-6-7;2*2-1(3,4)5/h3-5H,1-2H3;2-6H,1H3;;/q;+1;2*-1/p+1. The van der Waals surface area contributed by atoms with Gasteiger partial charge in [-0.05, 0) is 13.0 Å². The molecule has 0 saturated heterocycles. The van der Waals surface area contributed by atoms with Gasteiger partial charge in [0.1, 0.15) is 14.1 Å². The van der Waals surface area contributed by atoms with Gasteiger partial charge >= 0.3 is 20.4 Å². The number of halogens is 8. The number of hydrogen-bond donors (Lipinski definition) is 1. The van der Waals surface area contributed by atoms with E-state index in [0.717, 1.165) is 5.56 Å². The molecule has 1 N–H and O–H groups in total. The van der Waals surface area contributed by atoms with Crippen molar-refractivity contribution in [2.24, 2.45) is 14.1 Å². The molecular weight excluding hydrogens is 374 g/mol. The maximum atomic E-state index is 9.75. The second-order valence-electron chi connectivity index (χ2n) is 4.71. The molecule has 148 valence electrons. The van der Waals surface area contributed by atoms with E-state index in [2.05, 4.69) is 0 Å². The highest BCUT2D eigenvalue weighted by Gasteiger charge is 2.21. The van der Waals surface area contributed by atoms with Crippen LogP contribution in [0.5, 0.6) is 5.88 Å². The van der Waals surface area contributed by atoms with Crippen molar-refractivity contribution in [3.8, 4) is 5.88 Å². The Morgan fingerprint density at radius 3 is 1.38 bits per heavy atom. The van der Waals surface area contributed by atoms with Crippen molar-refractivity contribution in [3.63, 3.8) is 0 Å². The van der Waals surface area contributed by atoms with Gasteiger partial charge in [0.25, 0.3) is 0 Å². The Hall–Kier alpha value is -2.33. The molecule has 2 aromatic heterocycles. The van der Waals surface area contributed by atoms with Crippen LogP contribution in [0, 0.1) is 6.92 Å². The van der Waals surface area contributed by atoms with E-state index in [-0.39, 0.29) is 0 Å². The van der Waals surface area contributed by atoms with Gasteiger partial charge in [-0.3, -0.25) is 0 Å². The Labute approximate surface area is 145 Å². The number of rotatable bonds is 0. The van der Waals surface area contributed by atoms with Crippen molar-refractivity contribution in [1.29, 1.82) is 0 Å². The zero-order valence-corrected chi connectivity index (χ0v) is 14.1. The highest BCUT2D eigenvalue weighted by molar-refractivity contribution is 6.50. The zero-order valence-electron chi connectivity index (χ0n) is 14.1. The Balaban J connectivity index is 0. The van der Waals surface area contributed by atoms with E-state index in [0.29, 0.717) is 5.88 Å². The Morgan fingerprint density at radius 1 is 0.769 bits per heavy atom. The predicted molar refractivity (Wildman–Crippen MR) is 82.0 cm³/mol. The lowest BCUT2D eigenvalue weighted by molar-refractivity contribution is -0.678. The lowest BCUT2D eigenvalue weighted by atomic mass is 10.3. The molecule has 0 saturated carbocycles. The number of hydrogen-bond acceptors (Lipinski definition) is 1. The average molecular weight is 392 g/mol. The lowest BCUT2D eigenvalue weighted by Gasteiger charge is -1.94. The molecule has 2 rings (SSSR count). The topological polar surface area (TPSA) is 28.0 Å². The van der Waals surface area contributed by atoms with Crippen LogP contribution < -0.4 is 9.13 Å². The third-order valence-electron chi connectivity index (χ3n) is 2.12. The zero-order chi connectivity index (χ0) is 21.0. The van der Waals surface area contributed by atoms with Crippen LogP contribution in [0.1, 0.15) is 5.56 Å². The summed E-state index contributed by atoms with van der Waals surface area (Å²) in [6, 6.07) is 9.55. The van der Waals surface area contributed by atoms with Crippen LogP contribution in [-0.2, 0) is 14.1 Å². The van der Waals surface area contributed by atoms with Crippen LogP contribution in [-0.4, -0.2) is 19.6 Å². The summed E-state index contributed by atoms with van der Waals surface area (Å²) in [6.07, 6.45) is 5.87. The van der Waals surface area contributed by atoms with E-state index in [1.54, 1.807) is 10.6 Å². The quantitative estimate of drug-likeness (QED) is 0.414. The van der Waals surface area contributed by atoms with Gasteiger partial charge in [-0.1, -0.05) is 6.07 Å².